The quantitative estimate of drug-likeness (QED) is 0.658. The van der Waals surface area contributed by atoms with Crippen molar-refractivity contribution in [3.63, 3.8) is 0 Å². The third-order valence-corrected chi connectivity index (χ3v) is 5.12. The highest BCUT2D eigenvalue weighted by Gasteiger charge is 2.21. The van der Waals surface area contributed by atoms with Gasteiger partial charge < -0.3 is 9.84 Å². The molecular weight excluding hydrogens is 392 g/mol. The van der Waals surface area contributed by atoms with Gasteiger partial charge in [0.1, 0.15) is 16.4 Å². The predicted molar refractivity (Wildman–Crippen MR) is 114 cm³/mol. The standard InChI is InChI=1S/C20H22N4O4S/c1-20(2,3)28-19(27)23(4)13-7-8-14-15(10-13)29-17(22-14)12-6-9-16(21-11-12)24(5)18(25)26/h6-11H,1-5H3,(H,25,26). The smallest absolute Gasteiger partial charge is 0.414 e. The Kier molecular flexibility index (Phi) is 5.43. The van der Waals surface area contributed by atoms with Crippen molar-refractivity contribution < 1.29 is 19.4 Å². The fraction of sp³-hybridized carbons (Fsp3) is 0.300. The van der Waals surface area contributed by atoms with E-state index in [0.29, 0.717) is 11.5 Å². The molecule has 0 aliphatic carbocycles. The van der Waals surface area contributed by atoms with E-state index in [4.69, 9.17) is 9.84 Å². The van der Waals surface area contributed by atoms with E-state index < -0.39 is 17.8 Å². The summed E-state index contributed by atoms with van der Waals surface area (Å²) in [5, 5.41) is 9.79. The van der Waals surface area contributed by atoms with Crippen LogP contribution >= 0.6 is 11.3 Å². The van der Waals surface area contributed by atoms with Crippen molar-refractivity contribution in [3.8, 4) is 10.6 Å². The molecule has 0 saturated heterocycles. The Labute approximate surface area is 172 Å². The summed E-state index contributed by atoms with van der Waals surface area (Å²) in [5.74, 6) is 0.337. The molecule has 2 heterocycles. The van der Waals surface area contributed by atoms with Crippen LogP contribution in [0.1, 0.15) is 20.8 Å². The van der Waals surface area contributed by atoms with Crippen molar-refractivity contribution in [2.45, 2.75) is 26.4 Å². The molecule has 9 heteroatoms. The molecule has 0 radical (unpaired) electrons. The summed E-state index contributed by atoms with van der Waals surface area (Å²) >= 11 is 1.47. The fourth-order valence-electron chi connectivity index (χ4n) is 2.49. The number of thiazole rings is 1. The number of hydrogen-bond acceptors (Lipinski definition) is 6. The van der Waals surface area contributed by atoms with Gasteiger partial charge in [0.15, 0.2) is 0 Å². The molecule has 2 aromatic heterocycles. The average molecular weight is 414 g/mol. The van der Waals surface area contributed by atoms with Crippen LogP contribution in [0.4, 0.5) is 21.1 Å². The van der Waals surface area contributed by atoms with Crippen molar-refractivity contribution >= 4 is 45.2 Å². The van der Waals surface area contributed by atoms with E-state index in [2.05, 4.69) is 9.97 Å². The van der Waals surface area contributed by atoms with Crippen LogP contribution in [-0.4, -0.2) is 47.0 Å². The number of rotatable bonds is 3. The van der Waals surface area contributed by atoms with Crippen LogP contribution in [0.15, 0.2) is 36.5 Å². The van der Waals surface area contributed by atoms with Crippen LogP contribution in [-0.2, 0) is 4.74 Å². The van der Waals surface area contributed by atoms with Gasteiger partial charge in [-0.15, -0.1) is 11.3 Å². The lowest BCUT2D eigenvalue weighted by atomic mass is 10.2. The van der Waals surface area contributed by atoms with Crippen LogP contribution in [0.3, 0.4) is 0 Å². The summed E-state index contributed by atoms with van der Waals surface area (Å²) in [7, 11) is 3.10. The van der Waals surface area contributed by atoms with Gasteiger partial charge in [-0.05, 0) is 51.1 Å². The second kappa shape index (κ2) is 7.67. The third kappa shape index (κ3) is 4.62. The molecule has 3 aromatic rings. The summed E-state index contributed by atoms with van der Waals surface area (Å²) in [6.45, 7) is 5.47. The number of carbonyl (C=O) groups is 2. The molecule has 1 aromatic carbocycles. The number of nitrogens with zero attached hydrogens (tertiary/aromatic N) is 4. The summed E-state index contributed by atoms with van der Waals surface area (Å²) in [5.41, 5.74) is 1.73. The number of carbonyl (C=O) groups excluding carboxylic acids is 1. The van der Waals surface area contributed by atoms with Crippen LogP contribution in [0, 0.1) is 0 Å². The van der Waals surface area contributed by atoms with Crippen LogP contribution < -0.4 is 9.80 Å². The number of amides is 2. The highest BCUT2D eigenvalue weighted by Crippen LogP contribution is 2.33. The molecule has 152 valence electrons. The average Bonchev–Trinajstić information content (AvgIpc) is 3.08. The van der Waals surface area contributed by atoms with Gasteiger partial charge >= 0.3 is 12.2 Å². The zero-order valence-corrected chi connectivity index (χ0v) is 17.6. The molecule has 0 atom stereocenters. The molecule has 29 heavy (non-hydrogen) atoms. The first-order chi connectivity index (χ1) is 13.5. The minimum absolute atomic E-state index is 0.337. The monoisotopic (exact) mass is 414 g/mol. The molecule has 0 fully saturated rings. The van der Waals surface area contributed by atoms with E-state index in [0.717, 1.165) is 25.7 Å². The number of pyridine rings is 1. The predicted octanol–water partition coefficient (Wildman–Crippen LogP) is 4.84. The van der Waals surface area contributed by atoms with Crippen molar-refractivity contribution in [3.05, 3.63) is 36.5 Å². The van der Waals surface area contributed by atoms with Crippen molar-refractivity contribution in [2.24, 2.45) is 0 Å². The Hall–Kier alpha value is -3.20. The Morgan fingerprint density at radius 1 is 1.10 bits per heavy atom. The van der Waals surface area contributed by atoms with Crippen molar-refractivity contribution in [1.82, 2.24) is 9.97 Å². The highest BCUT2D eigenvalue weighted by atomic mass is 32.1. The second-order valence-corrected chi connectivity index (χ2v) is 8.49. The maximum atomic E-state index is 12.3. The first-order valence-corrected chi connectivity index (χ1v) is 9.67. The Balaban J connectivity index is 1.86. The number of fused-ring (bicyclic) bond motifs is 1. The molecule has 0 saturated carbocycles. The minimum atomic E-state index is -1.08. The molecule has 0 bridgehead atoms. The number of anilines is 2. The van der Waals surface area contributed by atoms with E-state index in [1.807, 2.05) is 39.0 Å². The molecule has 0 aliphatic rings. The number of hydrogen-bond donors (Lipinski definition) is 1. The van der Waals surface area contributed by atoms with Crippen LogP contribution in [0.2, 0.25) is 0 Å². The maximum Gasteiger partial charge on any atom is 0.414 e. The zero-order valence-electron chi connectivity index (χ0n) is 16.8. The lowest BCUT2D eigenvalue weighted by molar-refractivity contribution is 0.0589. The fourth-order valence-corrected chi connectivity index (χ4v) is 3.48. The number of carboxylic acid groups (broad SMARTS) is 1. The van der Waals surface area contributed by atoms with Gasteiger partial charge in [0.2, 0.25) is 0 Å². The van der Waals surface area contributed by atoms with E-state index in [9.17, 15) is 9.59 Å². The van der Waals surface area contributed by atoms with Gasteiger partial charge in [-0.2, -0.15) is 0 Å². The number of aromatic nitrogens is 2. The lowest BCUT2D eigenvalue weighted by Gasteiger charge is -2.24. The summed E-state index contributed by atoms with van der Waals surface area (Å²) in [6, 6.07) is 8.98. The third-order valence-electron chi connectivity index (χ3n) is 4.05. The summed E-state index contributed by atoms with van der Waals surface area (Å²) < 4.78 is 6.32. The molecule has 0 aliphatic heterocycles. The van der Waals surface area contributed by atoms with E-state index in [1.54, 1.807) is 25.4 Å². The van der Waals surface area contributed by atoms with E-state index >= 15 is 0 Å². The molecule has 1 N–H and O–H groups in total. The number of benzene rings is 1. The normalized spacial score (nSPS) is 11.3. The molecule has 0 spiro atoms. The summed E-state index contributed by atoms with van der Waals surface area (Å²) in [4.78, 5) is 34.6. The maximum absolute atomic E-state index is 12.3. The minimum Gasteiger partial charge on any atom is -0.465 e. The van der Waals surface area contributed by atoms with Gasteiger partial charge in [-0.25, -0.2) is 19.6 Å². The van der Waals surface area contributed by atoms with Crippen molar-refractivity contribution in [1.29, 1.82) is 0 Å². The topological polar surface area (TPSA) is 95.9 Å². The van der Waals surface area contributed by atoms with Gasteiger partial charge in [-0.1, -0.05) is 0 Å². The first-order valence-electron chi connectivity index (χ1n) is 8.85. The van der Waals surface area contributed by atoms with Gasteiger partial charge in [0, 0.05) is 31.5 Å². The number of ether oxygens (including phenoxy) is 1. The van der Waals surface area contributed by atoms with E-state index in [1.165, 1.54) is 23.3 Å². The van der Waals surface area contributed by atoms with Gasteiger partial charge in [-0.3, -0.25) is 9.80 Å². The largest absolute Gasteiger partial charge is 0.465 e. The first kappa shape index (κ1) is 20.5. The zero-order chi connectivity index (χ0) is 21.3. The van der Waals surface area contributed by atoms with E-state index in [-0.39, 0.29) is 0 Å². The van der Waals surface area contributed by atoms with Crippen LogP contribution in [0.25, 0.3) is 20.8 Å². The SMILES string of the molecule is CN(C(=O)OC(C)(C)C)c1ccc2nc(-c3ccc(N(C)C(=O)O)nc3)sc2c1. The molecule has 3 rings (SSSR count). The molecule has 0 unspecified atom stereocenters. The van der Waals surface area contributed by atoms with Gasteiger partial charge in [0.05, 0.1) is 10.2 Å². The lowest BCUT2D eigenvalue weighted by Crippen LogP contribution is -2.34. The van der Waals surface area contributed by atoms with Crippen molar-refractivity contribution in [2.75, 3.05) is 23.9 Å². The Bertz CT molecular complexity index is 1060. The van der Waals surface area contributed by atoms with Crippen LogP contribution in [0.5, 0.6) is 0 Å². The van der Waals surface area contributed by atoms with Gasteiger partial charge in [0.25, 0.3) is 0 Å². The second-order valence-electron chi connectivity index (χ2n) is 7.46. The Morgan fingerprint density at radius 3 is 2.41 bits per heavy atom. The summed E-state index contributed by atoms with van der Waals surface area (Å²) in [6.07, 6.45) is 0.0936. The highest BCUT2D eigenvalue weighted by molar-refractivity contribution is 7.21. The molecule has 8 nitrogen and oxygen atoms in total. The Morgan fingerprint density at radius 2 is 1.83 bits per heavy atom. The molecular formula is C20H22N4O4S. The molecule has 2 amide bonds.